The molecule has 1 amide bonds. The molecule has 1 N–H and O–H groups in total. The number of anilines is 1. The highest BCUT2D eigenvalue weighted by molar-refractivity contribution is 6.33. The van der Waals surface area contributed by atoms with Gasteiger partial charge in [-0.3, -0.25) is 4.79 Å². The van der Waals surface area contributed by atoms with Crippen LogP contribution in [0.4, 0.5) is 5.69 Å². The van der Waals surface area contributed by atoms with Gasteiger partial charge in [-0.15, -0.1) is 0 Å². The molecule has 1 aromatic carbocycles. The fourth-order valence-electron chi connectivity index (χ4n) is 1.12. The van der Waals surface area contributed by atoms with Crippen LogP contribution in [0.15, 0.2) is 24.3 Å². The number of hydrogen-bond donors (Lipinski definition) is 1. The largest absolute Gasteiger partial charge is 0.369 e. The maximum absolute atomic E-state index is 11.6. The fourth-order valence-corrected chi connectivity index (χ4v) is 1.31. The van der Waals surface area contributed by atoms with E-state index in [9.17, 15) is 4.79 Å². The molecule has 1 rings (SSSR count). The SMILES string of the molecule is CCOC(C)C(=O)Nc1ccccc1Cl. The number of ether oxygens (including phenoxy) is 1. The number of amides is 1. The van der Waals surface area contributed by atoms with E-state index in [1.54, 1.807) is 19.1 Å². The minimum Gasteiger partial charge on any atom is -0.369 e. The van der Waals surface area contributed by atoms with Crippen molar-refractivity contribution in [3.8, 4) is 0 Å². The fraction of sp³-hybridized carbons (Fsp3) is 0.364. The molecule has 1 unspecified atom stereocenters. The number of nitrogens with one attached hydrogen (secondary N) is 1. The summed E-state index contributed by atoms with van der Waals surface area (Å²) in [6.45, 7) is 4.06. The van der Waals surface area contributed by atoms with Gasteiger partial charge in [0.2, 0.25) is 0 Å². The number of halogens is 1. The number of benzene rings is 1. The van der Waals surface area contributed by atoms with Crippen molar-refractivity contribution in [3.05, 3.63) is 29.3 Å². The van der Waals surface area contributed by atoms with Crippen LogP contribution in [0.2, 0.25) is 5.02 Å². The molecule has 0 spiro atoms. The van der Waals surface area contributed by atoms with E-state index >= 15 is 0 Å². The van der Waals surface area contributed by atoms with Crippen LogP contribution < -0.4 is 5.32 Å². The minimum absolute atomic E-state index is 0.190. The average molecular weight is 228 g/mol. The van der Waals surface area contributed by atoms with Gasteiger partial charge in [-0.05, 0) is 26.0 Å². The van der Waals surface area contributed by atoms with Crippen molar-refractivity contribution in [2.24, 2.45) is 0 Å². The molecule has 0 saturated carbocycles. The minimum atomic E-state index is -0.466. The number of hydrogen-bond acceptors (Lipinski definition) is 2. The lowest BCUT2D eigenvalue weighted by molar-refractivity contribution is -0.126. The van der Waals surface area contributed by atoms with Gasteiger partial charge < -0.3 is 10.1 Å². The Kier molecular flexibility index (Phi) is 4.59. The molecule has 0 aromatic heterocycles. The highest BCUT2D eigenvalue weighted by atomic mass is 35.5. The normalized spacial score (nSPS) is 12.2. The van der Waals surface area contributed by atoms with E-state index in [1.807, 2.05) is 19.1 Å². The van der Waals surface area contributed by atoms with E-state index in [0.29, 0.717) is 17.3 Å². The van der Waals surface area contributed by atoms with Gasteiger partial charge in [-0.25, -0.2) is 0 Å². The molecule has 3 nitrogen and oxygen atoms in total. The number of carbonyl (C=O) groups excluding carboxylic acids is 1. The van der Waals surface area contributed by atoms with Crippen molar-refractivity contribution in [3.63, 3.8) is 0 Å². The molecular weight excluding hydrogens is 214 g/mol. The summed E-state index contributed by atoms with van der Waals surface area (Å²) in [5.74, 6) is -0.190. The standard InChI is InChI=1S/C11H14ClNO2/c1-3-15-8(2)11(14)13-10-7-5-4-6-9(10)12/h4-8H,3H2,1-2H3,(H,13,14). The molecule has 0 fully saturated rings. The second-order valence-corrected chi connectivity index (χ2v) is 3.47. The monoisotopic (exact) mass is 227 g/mol. The van der Waals surface area contributed by atoms with Crippen molar-refractivity contribution < 1.29 is 9.53 Å². The summed E-state index contributed by atoms with van der Waals surface area (Å²) in [5, 5.41) is 3.22. The van der Waals surface area contributed by atoms with Gasteiger partial charge in [0.25, 0.3) is 5.91 Å². The van der Waals surface area contributed by atoms with Crippen LogP contribution in [0.5, 0.6) is 0 Å². The van der Waals surface area contributed by atoms with Gasteiger partial charge >= 0.3 is 0 Å². The molecule has 1 aromatic rings. The first-order valence-electron chi connectivity index (χ1n) is 4.82. The zero-order valence-electron chi connectivity index (χ0n) is 8.79. The first-order chi connectivity index (χ1) is 7.15. The summed E-state index contributed by atoms with van der Waals surface area (Å²) in [4.78, 5) is 11.6. The molecular formula is C11H14ClNO2. The van der Waals surface area contributed by atoms with E-state index < -0.39 is 6.10 Å². The Hall–Kier alpha value is -1.06. The van der Waals surface area contributed by atoms with Gasteiger partial charge in [0, 0.05) is 6.61 Å². The Bertz CT molecular complexity index is 341. The molecule has 0 saturated heterocycles. The Morgan fingerprint density at radius 1 is 1.53 bits per heavy atom. The van der Waals surface area contributed by atoms with E-state index in [4.69, 9.17) is 16.3 Å². The van der Waals surface area contributed by atoms with E-state index in [1.165, 1.54) is 0 Å². The molecule has 0 bridgehead atoms. The molecule has 1 atom stereocenters. The Morgan fingerprint density at radius 2 is 2.20 bits per heavy atom. The smallest absolute Gasteiger partial charge is 0.253 e. The molecule has 15 heavy (non-hydrogen) atoms. The molecule has 0 radical (unpaired) electrons. The summed E-state index contributed by atoms with van der Waals surface area (Å²) < 4.78 is 5.16. The van der Waals surface area contributed by atoms with Crippen LogP contribution in [0.1, 0.15) is 13.8 Å². The summed E-state index contributed by atoms with van der Waals surface area (Å²) >= 11 is 5.89. The third-order valence-electron chi connectivity index (χ3n) is 1.92. The summed E-state index contributed by atoms with van der Waals surface area (Å²) in [7, 11) is 0. The molecule has 0 aliphatic heterocycles. The van der Waals surface area contributed by atoms with Gasteiger partial charge in [0.05, 0.1) is 10.7 Å². The zero-order chi connectivity index (χ0) is 11.3. The molecule has 0 heterocycles. The van der Waals surface area contributed by atoms with Crippen molar-refractivity contribution in [2.75, 3.05) is 11.9 Å². The summed E-state index contributed by atoms with van der Waals surface area (Å²) in [5.41, 5.74) is 0.607. The second-order valence-electron chi connectivity index (χ2n) is 3.07. The van der Waals surface area contributed by atoms with Gasteiger partial charge in [0.15, 0.2) is 0 Å². The first kappa shape index (κ1) is 12.0. The highest BCUT2D eigenvalue weighted by Gasteiger charge is 2.13. The van der Waals surface area contributed by atoms with Gasteiger partial charge in [0.1, 0.15) is 6.10 Å². The third kappa shape index (κ3) is 3.53. The highest BCUT2D eigenvalue weighted by Crippen LogP contribution is 2.20. The van der Waals surface area contributed by atoms with Gasteiger partial charge in [-0.2, -0.15) is 0 Å². The van der Waals surface area contributed by atoms with E-state index in [-0.39, 0.29) is 5.91 Å². The van der Waals surface area contributed by atoms with Crippen LogP contribution in [0.25, 0.3) is 0 Å². The molecule has 0 aliphatic carbocycles. The predicted molar refractivity (Wildman–Crippen MR) is 61.2 cm³/mol. The van der Waals surface area contributed by atoms with Crippen molar-refractivity contribution in [1.82, 2.24) is 0 Å². The zero-order valence-corrected chi connectivity index (χ0v) is 9.54. The third-order valence-corrected chi connectivity index (χ3v) is 2.25. The first-order valence-corrected chi connectivity index (χ1v) is 5.20. The Morgan fingerprint density at radius 3 is 2.80 bits per heavy atom. The quantitative estimate of drug-likeness (QED) is 0.859. The number of rotatable bonds is 4. The van der Waals surface area contributed by atoms with Crippen LogP contribution in [-0.4, -0.2) is 18.6 Å². The molecule has 4 heteroatoms. The van der Waals surface area contributed by atoms with Crippen molar-refractivity contribution in [2.45, 2.75) is 20.0 Å². The summed E-state index contributed by atoms with van der Waals surface area (Å²) in [6.07, 6.45) is -0.466. The van der Waals surface area contributed by atoms with Gasteiger partial charge in [-0.1, -0.05) is 23.7 Å². The second kappa shape index (κ2) is 5.73. The van der Waals surface area contributed by atoms with Crippen LogP contribution in [-0.2, 0) is 9.53 Å². The van der Waals surface area contributed by atoms with Crippen molar-refractivity contribution >= 4 is 23.2 Å². The van der Waals surface area contributed by atoms with Crippen LogP contribution in [0, 0.1) is 0 Å². The van der Waals surface area contributed by atoms with E-state index in [0.717, 1.165) is 0 Å². The topological polar surface area (TPSA) is 38.3 Å². The van der Waals surface area contributed by atoms with Crippen LogP contribution >= 0.6 is 11.6 Å². The lowest BCUT2D eigenvalue weighted by atomic mass is 10.3. The molecule has 82 valence electrons. The average Bonchev–Trinajstić information content (AvgIpc) is 2.21. The summed E-state index contributed by atoms with van der Waals surface area (Å²) in [6, 6.07) is 7.10. The van der Waals surface area contributed by atoms with Crippen LogP contribution in [0.3, 0.4) is 0 Å². The predicted octanol–water partition coefficient (Wildman–Crippen LogP) is 2.70. The lowest BCUT2D eigenvalue weighted by Gasteiger charge is -2.12. The lowest BCUT2D eigenvalue weighted by Crippen LogP contribution is -2.27. The molecule has 0 aliphatic rings. The Labute approximate surface area is 94.4 Å². The number of carbonyl (C=O) groups is 1. The maximum atomic E-state index is 11.6. The maximum Gasteiger partial charge on any atom is 0.253 e. The number of para-hydroxylation sites is 1. The van der Waals surface area contributed by atoms with E-state index in [2.05, 4.69) is 5.32 Å². The van der Waals surface area contributed by atoms with Crippen molar-refractivity contribution in [1.29, 1.82) is 0 Å². The Balaban J connectivity index is 2.62.